The zero-order chi connectivity index (χ0) is 25.1. The van der Waals surface area contributed by atoms with Gasteiger partial charge in [0.1, 0.15) is 12.2 Å². The number of amides is 4. The number of hydrazine groups is 1. The molecule has 2 fully saturated rings. The van der Waals surface area contributed by atoms with Crippen molar-refractivity contribution in [1.29, 1.82) is 0 Å². The minimum absolute atomic E-state index is 0.0507. The van der Waals surface area contributed by atoms with E-state index < -0.39 is 12.2 Å². The lowest BCUT2D eigenvalue weighted by molar-refractivity contribution is -0.188. The first-order valence-corrected chi connectivity index (χ1v) is 12.2. The largest absolute Gasteiger partial charge is 0.334 e. The zero-order valence-electron chi connectivity index (χ0n) is 21.0. The molecule has 2 heterocycles. The highest BCUT2D eigenvalue weighted by molar-refractivity contribution is 5.91. The SMILES string of the molecule is Cc1ccc(CN2C[C@H]3N(C(=O)CN(C)N3C(=O)NCc3ccccc3)[C@@H](CC(C)C)C2=O)cc1. The number of fused-ring (bicyclic) bond motifs is 1. The predicted molar refractivity (Wildman–Crippen MR) is 134 cm³/mol. The first-order valence-electron chi connectivity index (χ1n) is 12.2. The van der Waals surface area contributed by atoms with Gasteiger partial charge in [0.2, 0.25) is 11.8 Å². The van der Waals surface area contributed by atoms with Crippen molar-refractivity contribution in [2.75, 3.05) is 20.1 Å². The molecule has 0 aromatic heterocycles. The standard InChI is InChI=1S/C27H35N5O3/c1-19(2)14-23-26(34)30(16-22-12-10-20(3)11-13-22)17-24-31(23)25(33)18-29(4)32(24)27(35)28-15-21-8-6-5-7-9-21/h5-13,19,23-24H,14-18H2,1-4H3,(H,28,35)/t23-,24-/m0/s1. The van der Waals surface area contributed by atoms with Gasteiger partial charge < -0.3 is 15.1 Å². The number of hydrogen-bond acceptors (Lipinski definition) is 4. The summed E-state index contributed by atoms with van der Waals surface area (Å²) in [4.78, 5) is 43.6. The molecular formula is C27H35N5O3. The van der Waals surface area contributed by atoms with Crippen LogP contribution in [0.2, 0.25) is 0 Å². The fourth-order valence-electron chi connectivity index (χ4n) is 4.89. The van der Waals surface area contributed by atoms with Crippen molar-refractivity contribution in [3.63, 3.8) is 0 Å². The monoisotopic (exact) mass is 477 g/mol. The van der Waals surface area contributed by atoms with Crippen LogP contribution in [-0.2, 0) is 22.7 Å². The van der Waals surface area contributed by atoms with Gasteiger partial charge in [-0.15, -0.1) is 0 Å². The topological polar surface area (TPSA) is 76.2 Å². The van der Waals surface area contributed by atoms with E-state index in [1.165, 1.54) is 0 Å². The summed E-state index contributed by atoms with van der Waals surface area (Å²) in [7, 11) is 1.75. The number of likely N-dealkylation sites (N-methyl/N-ethyl adjacent to an activating group) is 1. The van der Waals surface area contributed by atoms with Gasteiger partial charge in [0.15, 0.2) is 0 Å². The van der Waals surface area contributed by atoms with Crippen LogP contribution in [-0.4, -0.2) is 70.0 Å². The van der Waals surface area contributed by atoms with Gasteiger partial charge in [-0.1, -0.05) is 74.0 Å². The summed E-state index contributed by atoms with van der Waals surface area (Å²) in [6.07, 6.45) is -0.0156. The van der Waals surface area contributed by atoms with E-state index in [4.69, 9.17) is 0 Å². The second-order valence-electron chi connectivity index (χ2n) is 9.94. The number of nitrogens with zero attached hydrogens (tertiary/aromatic N) is 4. The Labute approximate surface area is 207 Å². The molecule has 0 saturated carbocycles. The molecule has 2 aromatic rings. The Balaban J connectivity index is 1.61. The third kappa shape index (κ3) is 5.48. The summed E-state index contributed by atoms with van der Waals surface area (Å²) in [6.45, 7) is 7.26. The fourth-order valence-corrected chi connectivity index (χ4v) is 4.89. The average Bonchev–Trinajstić information content (AvgIpc) is 2.82. The number of benzene rings is 2. The van der Waals surface area contributed by atoms with Crippen molar-refractivity contribution in [3.05, 3.63) is 71.3 Å². The van der Waals surface area contributed by atoms with Crippen molar-refractivity contribution in [1.82, 2.24) is 25.1 Å². The van der Waals surface area contributed by atoms with E-state index in [1.807, 2.05) is 75.4 Å². The summed E-state index contributed by atoms with van der Waals surface area (Å²) in [6, 6.07) is 16.9. The first kappa shape index (κ1) is 24.7. The highest BCUT2D eigenvalue weighted by Crippen LogP contribution is 2.29. The maximum Gasteiger partial charge on any atom is 0.334 e. The minimum Gasteiger partial charge on any atom is -0.333 e. The Bertz CT molecular complexity index is 1060. The molecule has 8 heteroatoms. The van der Waals surface area contributed by atoms with E-state index in [-0.39, 0.29) is 36.9 Å². The predicted octanol–water partition coefficient (Wildman–Crippen LogP) is 2.98. The van der Waals surface area contributed by atoms with Crippen molar-refractivity contribution in [3.8, 4) is 0 Å². The van der Waals surface area contributed by atoms with Gasteiger partial charge in [-0.3, -0.25) is 9.59 Å². The number of hydrogen-bond donors (Lipinski definition) is 1. The van der Waals surface area contributed by atoms with Crippen LogP contribution in [0.4, 0.5) is 4.79 Å². The summed E-state index contributed by atoms with van der Waals surface area (Å²) in [5, 5.41) is 6.25. The van der Waals surface area contributed by atoms with E-state index in [9.17, 15) is 14.4 Å². The Kier molecular flexibility index (Phi) is 7.40. The van der Waals surface area contributed by atoms with E-state index in [0.29, 0.717) is 19.5 Å². The van der Waals surface area contributed by atoms with Gasteiger partial charge in [-0.05, 0) is 30.4 Å². The third-order valence-electron chi connectivity index (χ3n) is 6.62. The average molecular weight is 478 g/mol. The van der Waals surface area contributed by atoms with Crippen LogP contribution >= 0.6 is 0 Å². The first-order chi connectivity index (χ1) is 16.7. The van der Waals surface area contributed by atoms with Crippen LogP contribution < -0.4 is 5.32 Å². The minimum atomic E-state index is -0.593. The van der Waals surface area contributed by atoms with Crippen LogP contribution in [0.5, 0.6) is 0 Å². The molecule has 4 rings (SSSR count). The van der Waals surface area contributed by atoms with Gasteiger partial charge in [0.05, 0.1) is 13.1 Å². The highest BCUT2D eigenvalue weighted by Gasteiger charge is 2.50. The molecule has 2 aromatic carbocycles. The number of carbonyl (C=O) groups is 3. The molecule has 2 saturated heterocycles. The maximum atomic E-state index is 13.6. The molecule has 0 aliphatic carbocycles. The van der Waals surface area contributed by atoms with E-state index >= 15 is 0 Å². The molecule has 0 radical (unpaired) electrons. The summed E-state index contributed by atoms with van der Waals surface area (Å²) < 4.78 is 0. The van der Waals surface area contributed by atoms with Crippen LogP contribution in [0.25, 0.3) is 0 Å². The Morgan fingerprint density at radius 3 is 2.37 bits per heavy atom. The Morgan fingerprint density at radius 1 is 1.03 bits per heavy atom. The maximum absolute atomic E-state index is 13.6. The summed E-state index contributed by atoms with van der Waals surface area (Å²) >= 11 is 0. The van der Waals surface area contributed by atoms with E-state index in [2.05, 4.69) is 5.32 Å². The zero-order valence-corrected chi connectivity index (χ0v) is 21.0. The molecule has 2 aliphatic rings. The van der Waals surface area contributed by atoms with Crippen LogP contribution in [0, 0.1) is 12.8 Å². The van der Waals surface area contributed by atoms with Gasteiger partial charge in [0, 0.05) is 20.1 Å². The van der Waals surface area contributed by atoms with Gasteiger partial charge in [-0.2, -0.15) is 0 Å². The lowest BCUT2D eigenvalue weighted by Crippen LogP contribution is -2.75. The fraction of sp³-hybridized carbons (Fsp3) is 0.444. The number of aryl methyl sites for hydroxylation is 1. The normalized spacial score (nSPS) is 20.9. The number of nitrogens with one attached hydrogen (secondary N) is 1. The van der Waals surface area contributed by atoms with Crippen LogP contribution in [0.1, 0.15) is 37.0 Å². The van der Waals surface area contributed by atoms with Crippen molar-refractivity contribution in [2.45, 2.75) is 52.5 Å². The second-order valence-corrected chi connectivity index (χ2v) is 9.94. The van der Waals surface area contributed by atoms with Gasteiger partial charge >= 0.3 is 6.03 Å². The Morgan fingerprint density at radius 2 is 1.71 bits per heavy atom. The third-order valence-corrected chi connectivity index (χ3v) is 6.62. The van der Waals surface area contributed by atoms with E-state index in [0.717, 1.165) is 16.7 Å². The molecule has 0 bridgehead atoms. The summed E-state index contributed by atoms with van der Waals surface area (Å²) in [5.41, 5.74) is 3.17. The molecule has 186 valence electrons. The molecule has 2 atom stereocenters. The lowest BCUT2D eigenvalue weighted by atomic mass is 9.96. The number of rotatable bonds is 6. The van der Waals surface area contributed by atoms with Gasteiger partial charge in [0.25, 0.3) is 0 Å². The number of carbonyl (C=O) groups excluding carboxylic acids is 3. The molecule has 2 aliphatic heterocycles. The molecule has 8 nitrogen and oxygen atoms in total. The van der Waals surface area contributed by atoms with Crippen molar-refractivity contribution < 1.29 is 14.4 Å². The quantitative estimate of drug-likeness (QED) is 0.694. The highest BCUT2D eigenvalue weighted by atomic mass is 16.2. The molecule has 0 unspecified atom stereocenters. The van der Waals surface area contributed by atoms with Crippen molar-refractivity contribution in [2.24, 2.45) is 5.92 Å². The smallest absolute Gasteiger partial charge is 0.333 e. The van der Waals surface area contributed by atoms with Crippen molar-refractivity contribution >= 4 is 17.8 Å². The van der Waals surface area contributed by atoms with Crippen LogP contribution in [0.15, 0.2) is 54.6 Å². The molecule has 0 spiro atoms. The molecule has 4 amide bonds. The number of piperazine rings is 1. The lowest BCUT2D eigenvalue weighted by Gasteiger charge is -2.54. The molecular weight excluding hydrogens is 442 g/mol. The van der Waals surface area contributed by atoms with Gasteiger partial charge in [-0.25, -0.2) is 14.8 Å². The molecule has 1 N–H and O–H groups in total. The molecule has 35 heavy (non-hydrogen) atoms. The van der Waals surface area contributed by atoms with Crippen LogP contribution in [0.3, 0.4) is 0 Å². The Hall–Kier alpha value is -3.39. The summed E-state index contributed by atoms with van der Waals surface area (Å²) in [5.74, 6) is 0.0356. The number of urea groups is 1. The second kappa shape index (κ2) is 10.5. The van der Waals surface area contributed by atoms with E-state index in [1.54, 1.807) is 26.9 Å².